The molecule has 2 saturated carbocycles. The fourth-order valence-corrected chi connectivity index (χ4v) is 3.35. The minimum Gasteiger partial charge on any atom is -0.480 e. The molecule has 1 aromatic rings. The van der Waals surface area contributed by atoms with Crippen LogP contribution in [0.3, 0.4) is 0 Å². The van der Waals surface area contributed by atoms with Crippen LogP contribution >= 0.6 is 0 Å². The number of nitriles is 1. The first-order valence-electron chi connectivity index (χ1n) is 8.60. The van der Waals surface area contributed by atoms with Gasteiger partial charge in [-0.3, -0.25) is 9.69 Å². The molecule has 2 aliphatic rings. The molecule has 0 aliphatic heterocycles. The molecule has 2 N–H and O–H groups in total. The second kappa shape index (κ2) is 7.16. The first-order valence-corrected chi connectivity index (χ1v) is 8.60. The number of hydrogen-bond donors (Lipinski definition) is 2. The van der Waals surface area contributed by atoms with Gasteiger partial charge in [0.15, 0.2) is 0 Å². The number of nitrogens with one attached hydrogen (secondary N) is 1. The van der Waals surface area contributed by atoms with Crippen molar-refractivity contribution >= 4 is 11.7 Å². The van der Waals surface area contributed by atoms with Crippen molar-refractivity contribution in [2.75, 3.05) is 18.4 Å². The number of alkyl halides is 3. The zero-order valence-electron chi connectivity index (χ0n) is 14.1. The minimum absolute atomic E-state index is 0.0292. The highest BCUT2D eigenvalue weighted by atomic mass is 19.4. The highest BCUT2D eigenvalue weighted by molar-refractivity contribution is 5.69. The lowest BCUT2D eigenvalue weighted by molar-refractivity contribution is -0.140. The van der Waals surface area contributed by atoms with Crippen molar-refractivity contribution in [1.82, 2.24) is 4.90 Å². The van der Waals surface area contributed by atoms with Crippen molar-refractivity contribution in [3.63, 3.8) is 0 Å². The Morgan fingerprint density at radius 2 is 2.04 bits per heavy atom. The molecule has 0 bridgehead atoms. The Labute approximate surface area is 149 Å². The van der Waals surface area contributed by atoms with Gasteiger partial charge in [-0.05, 0) is 49.8 Å². The second-order valence-electron chi connectivity index (χ2n) is 7.10. The van der Waals surface area contributed by atoms with Crippen LogP contribution in [0.5, 0.6) is 0 Å². The van der Waals surface area contributed by atoms with Crippen molar-refractivity contribution in [2.24, 2.45) is 5.92 Å². The molecule has 5 nitrogen and oxygen atoms in total. The Kier molecular flexibility index (Phi) is 5.10. The molecule has 0 saturated heterocycles. The Morgan fingerprint density at radius 1 is 1.35 bits per heavy atom. The molecular weight excluding hydrogens is 347 g/mol. The molecule has 3 rings (SSSR count). The summed E-state index contributed by atoms with van der Waals surface area (Å²) >= 11 is 0. The number of carbonyl (C=O) groups is 1. The molecule has 0 unspecified atom stereocenters. The third-order valence-corrected chi connectivity index (χ3v) is 4.97. The third kappa shape index (κ3) is 4.47. The van der Waals surface area contributed by atoms with E-state index in [1.807, 2.05) is 4.90 Å². The summed E-state index contributed by atoms with van der Waals surface area (Å²) in [4.78, 5) is 13.0. The van der Waals surface area contributed by atoms with E-state index >= 15 is 0 Å². The van der Waals surface area contributed by atoms with Gasteiger partial charge < -0.3 is 10.4 Å². The molecular formula is C18H20F3N3O2. The average molecular weight is 367 g/mol. The summed E-state index contributed by atoms with van der Waals surface area (Å²) in [6, 6.07) is 5.16. The summed E-state index contributed by atoms with van der Waals surface area (Å²) in [6.45, 7) is 0.715. The Hall–Kier alpha value is -2.27. The zero-order chi connectivity index (χ0) is 18.9. The lowest BCUT2D eigenvalue weighted by Crippen LogP contribution is -2.52. The van der Waals surface area contributed by atoms with Gasteiger partial charge in [0.25, 0.3) is 0 Å². The van der Waals surface area contributed by atoms with E-state index in [9.17, 15) is 18.0 Å². The molecule has 0 heterocycles. The third-order valence-electron chi connectivity index (χ3n) is 4.97. The molecule has 26 heavy (non-hydrogen) atoms. The van der Waals surface area contributed by atoms with Gasteiger partial charge in [0, 0.05) is 24.3 Å². The van der Waals surface area contributed by atoms with Gasteiger partial charge in [-0.15, -0.1) is 0 Å². The van der Waals surface area contributed by atoms with Crippen molar-refractivity contribution in [2.45, 2.75) is 43.9 Å². The van der Waals surface area contributed by atoms with Crippen LogP contribution in [0, 0.1) is 17.2 Å². The van der Waals surface area contributed by atoms with E-state index in [-0.39, 0.29) is 29.9 Å². The maximum atomic E-state index is 13.2. The van der Waals surface area contributed by atoms with E-state index in [1.165, 1.54) is 12.1 Å². The Morgan fingerprint density at radius 3 is 2.58 bits per heavy atom. The minimum atomic E-state index is -4.54. The molecule has 2 fully saturated rings. The lowest BCUT2D eigenvalue weighted by atomic mass is 9.84. The quantitative estimate of drug-likeness (QED) is 0.773. The van der Waals surface area contributed by atoms with Gasteiger partial charge in [-0.2, -0.15) is 18.4 Å². The number of hydrogen-bond acceptors (Lipinski definition) is 4. The Bertz CT molecular complexity index is 719. The molecule has 0 aromatic heterocycles. The molecule has 1 aromatic carbocycles. The Balaban J connectivity index is 1.63. The fourth-order valence-electron chi connectivity index (χ4n) is 3.35. The monoisotopic (exact) mass is 367 g/mol. The van der Waals surface area contributed by atoms with Gasteiger partial charge >= 0.3 is 12.1 Å². The standard InChI is InChI=1S/C18H20F3N3O2/c19-18(20,21)15-5-12(8-22)3-4-16(15)23-13-6-14(7-13)24(10-17(25)26)9-11-1-2-11/h3-5,11,13-14,23H,1-2,6-7,9-10H2,(H,25,26). The van der Waals surface area contributed by atoms with Gasteiger partial charge in [0.2, 0.25) is 0 Å². The molecule has 2 aliphatic carbocycles. The van der Waals surface area contributed by atoms with E-state index in [0.29, 0.717) is 18.8 Å². The topological polar surface area (TPSA) is 76.4 Å². The maximum absolute atomic E-state index is 13.2. The van der Waals surface area contributed by atoms with Crippen LogP contribution in [0.25, 0.3) is 0 Å². The maximum Gasteiger partial charge on any atom is 0.418 e. The summed E-state index contributed by atoms with van der Waals surface area (Å²) in [5, 5.41) is 20.8. The zero-order valence-corrected chi connectivity index (χ0v) is 14.1. The van der Waals surface area contributed by atoms with Crippen LogP contribution in [0.4, 0.5) is 18.9 Å². The van der Waals surface area contributed by atoms with Crippen LogP contribution in [0.2, 0.25) is 0 Å². The smallest absolute Gasteiger partial charge is 0.418 e. The summed E-state index contributed by atoms with van der Waals surface area (Å²) in [7, 11) is 0. The van der Waals surface area contributed by atoms with Gasteiger partial charge in [-0.25, -0.2) is 0 Å². The van der Waals surface area contributed by atoms with Crippen molar-refractivity contribution in [3.8, 4) is 6.07 Å². The first-order chi connectivity index (χ1) is 12.3. The van der Waals surface area contributed by atoms with E-state index in [2.05, 4.69) is 5.32 Å². The number of anilines is 1. The number of benzene rings is 1. The first kappa shape index (κ1) is 18.5. The normalized spacial score (nSPS) is 22.6. The molecule has 0 radical (unpaired) electrons. The molecule has 0 spiro atoms. The number of carboxylic acids is 1. The van der Waals surface area contributed by atoms with E-state index in [4.69, 9.17) is 10.4 Å². The lowest BCUT2D eigenvalue weighted by Gasteiger charge is -2.43. The number of aliphatic carboxylic acids is 1. The highest BCUT2D eigenvalue weighted by Gasteiger charge is 2.39. The van der Waals surface area contributed by atoms with Gasteiger partial charge in [0.05, 0.1) is 23.7 Å². The molecule has 0 atom stereocenters. The van der Waals surface area contributed by atoms with Crippen molar-refractivity contribution < 1.29 is 23.1 Å². The van der Waals surface area contributed by atoms with Gasteiger partial charge in [0.1, 0.15) is 0 Å². The number of halogens is 3. The number of rotatable bonds is 7. The van der Waals surface area contributed by atoms with Crippen LogP contribution in [-0.4, -0.2) is 41.1 Å². The average Bonchev–Trinajstić information content (AvgIpc) is 3.32. The van der Waals surface area contributed by atoms with Crippen LogP contribution in [-0.2, 0) is 11.0 Å². The van der Waals surface area contributed by atoms with E-state index < -0.39 is 17.7 Å². The fraction of sp³-hybridized carbons (Fsp3) is 0.556. The molecule has 0 amide bonds. The van der Waals surface area contributed by atoms with Crippen LogP contribution in [0.15, 0.2) is 18.2 Å². The van der Waals surface area contributed by atoms with Crippen molar-refractivity contribution in [1.29, 1.82) is 5.26 Å². The van der Waals surface area contributed by atoms with Crippen LogP contribution in [0.1, 0.15) is 36.8 Å². The SMILES string of the molecule is N#Cc1ccc(NC2CC(N(CC(=O)O)CC3CC3)C2)c(C(F)(F)F)c1. The summed E-state index contributed by atoms with van der Waals surface area (Å²) in [5.41, 5.74) is -0.918. The predicted molar refractivity (Wildman–Crippen MR) is 88.5 cm³/mol. The molecule has 140 valence electrons. The largest absolute Gasteiger partial charge is 0.480 e. The number of nitrogens with zero attached hydrogens (tertiary/aromatic N) is 2. The predicted octanol–water partition coefficient (Wildman–Crippen LogP) is 3.32. The number of carboxylic acid groups (broad SMARTS) is 1. The van der Waals surface area contributed by atoms with E-state index in [0.717, 1.165) is 25.5 Å². The second-order valence-corrected chi connectivity index (χ2v) is 7.10. The van der Waals surface area contributed by atoms with Crippen molar-refractivity contribution in [3.05, 3.63) is 29.3 Å². The van der Waals surface area contributed by atoms with Gasteiger partial charge in [-0.1, -0.05) is 0 Å². The summed E-state index contributed by atoms with van der Waals surface area (Å²) in [6.07, 6.45) is -1.09. The van der Waals surface area contributed by atoms with E-state index in [1.54, 1.807) is 6.07 Å². The summed E-state index contributed by atoms with van der Waals surface area (Å²) < 4.78 is 39.6. The summed E-state index contributed by atoms with van der Waals surface area (Å²) in [5.74, 6) is -0.328. The van der Waals surface area contributed by atoms with Crippen LogP contribution < -0.4 is 5.32 Å². The highest BCUT2D eigenvalue weighted by Crippen LogP contribution is 2.38. The molecule has 8 heteroatoms.